The Morgan fingerprint density at radius 2 is 2.00 bits per heavy atom. The lowest BCUT2D eigenvalue weighted by Crippen LogP contribution is -2.25. The number of benzene rings is 1. The lowest BCUT2D eigenvalue weighted by Gasteiger charge is -2.11. The van der Waals surface area contributed by atoms with Gasteiger partial charge < -0.3 is 5.73 Å². The van der Waals surface area contributed by atoms with Gasteiger partial charge in [0.05, 0.1) is 0 Å². The van der Waals surface area contributed by atoms with E-state index in [0.29, 0.717) is 0 Å². The van der Waals surface area contributed by atoms with Gasteiger partial charge in [-0.2, -0.15) is 0 Å². The van der Waals surface area contributed by atoms with E-state index in [9.17, 15) is 0 Å². The molecular weight excluding hydrogens is 344 g/mol. The third-order valence-corrected chi connectivity index (χ3v) is 4.42. The van der Waals surface area contributed by atoms with Crippen LogP contribution < -0.4 is 5.73 Å². The fourth-order valence-corrected chi connectivity index (χ4v) is 3.05. The summed E-state index contributed by atoms with van der Waals surface area (Å²) in [6, 6.07) is 9.98. The Morgan fingerprint density at radius 1 is 1.26 bits per heavy atom. The molecule has 0 aliphatic carbocycles. The Morgan fingerprint density at radius 3 is 2.68 bits per heavy atom. The van der Waals surface area contributed by atoms with Crippen LogP contribution in [-0.4, -0.2) is 16.8 Å². The van der Waals surface area contributed by atoms with Crippen molar-refractivity contribution >= 4 is 39.3 Å². The minimum atomic E-state index is 0.108. The molecule has 1 aromatic carbocycles. The molecule has 5 heteroatoms. The summed E-state index contributed by atoms with van der Waals surface area (Å²) in [6.07, 6.45) is 4.46. The van der Waals surface area contributed by atoms with Gasteiger partial charge in [0.15, 0.2) is 0 Å². The van der Waals surface area contributed by atoms with Gasteiger partial charge in [-0.1, -0.05) is 11.6 Å². The highest BCUT2D eigenvalue weighted by atomic mass is 79.9. The quantitative estimate of drug-likeness (QED) is 0.817. The van der Waals surface area contributed by atoms with E-state index in [1.807, 2.05) is 30.5 Å². The third-order valence-electron chi connectivity index (χ3n) is 2.54. The molecule has 0 bridgehead atoms. The van der Waals surface area contributed by atoms with Crippen LogP contribution in [0.15, 0.2) is 52.1 Å². The third kappa shape index (κ3) is 5.15. The van der Waals surface area contributed by atoms with Crippen LogP contribution in [0.4, 0.5) is 0 Å². The fourth-order valence-electron chi connectivity index (χ4n) is 1.66. The molecule has 0 aliphatic heterocycles. The van der Waals surface area contributed by atoms with Gasteiger partial charge in [-0.25, -0.2) is 0 Å². The molecule has 1 aromatic heterocycles. The highest BCUT2D eigenvalue weighted by molar-refractivity contribution is 9.10. The first-order chi connectivity index (χ1) is 9.13. The van der Waals surface area contributed by atoms with Gasteiger partial charge in [-0.05, 0) is 58.2 Å². The van der Waals surface area contributed by atoms with Crippen LogP contribution in [0.2, 0.25) is 5.02 Å². The summed E-state index contributed by atoms with van der Waals surface area (Å²) in [5.41, 5.74) is 7.30. The van der Waals surface area contributed by atoms with E-state index in [2.05, 4.69) is 27.0 Å². The van der Waals surface area contributed by atoms with Crippen LogP contribution in [-0.2, 0) is 6.42 Å². The number of hydrogen-bond donors (Lipinski definition) is 1. The zero-order chi connectivity index (χ0) is 13.7. The van der Waals surface area contributed by atoms with Crippen molar-refractivity contribution in [1.29, 1.82) is 0 Å². The van der Waals surface area contributed by atoms with Gasteiger partial charge >= 0.3 is 0 Å². The number of rotatable bonds is 5. The summed E-state index contributed by atoms with van der Waals surface area (Å²) in [5.74, 6) is 0.869. The molecule has 2 nitrogen and oxygen atoms in total. The molecule has 0 aliphatic rings. The molecule has 0 fully saturated rings. The lowest BCUT2D eigenvalue weighted by atomic mass is 10.1. The fraction of sp³-hybridized carbons (Fsp3) is 0.214. The first-order valence-electron chi connectivity index (χ1n) is 5.87. The second-order valence-corrected chi connectivity index (χ2v) is 6.69. The van der Waals surface area contributed by atoms with Gasteiger partial charge in [0.1, 0.15) is 0 Å². The van der Waals surface area contributed by atoms with E-state index in [-0.39, 0.29) is 6.04 Å². The second-order valence-electron chi connectivity index (χ2n) is 4.24. The molecule has 0 saturated carbocycles. The van der Waals surface area contributed by atoms with Crippen LogP contribution in [0.5, 0.6) is 0 Å². The molecule has 19 heavy (non-hydrogen) atoms. The number of nitrogens with two attached hydrogens (primary N) is 1. The van der Waals surface area contributed by atoms with E-state index in [1.54, 1.807) is 18.0 Å². The highest BCUT2D eigenvalue weighted by Gasteiger charge is 2.06. The monoisotopic (exact) mass is 356 g/mol. The number of nitrogens with zero attached hydrogens (tertiary/aromatic N) is 1. The number of aromatic nitrogens is 1. The van der Waals surface area contributed by atoms with E-state index in [0.717, 1.165) is 27.2 Å². The van der Waals surface area contributed by atoms with Crippen LogP contribution in [0.1, 0.15) is 5.56 Å². The summed E-state index contributed by atoms with van der Waals surface area (Å²) in [5, 5.41) is 0.758. The predicted octanol–water partition coefficient (Wildman–Crippen LogP) is 4.16. The topological polar surface area (TPSA) is 38.9 Å². The highest BCUT2D eigenvalue weighted by Crippen LogP contribution is 2.21. The molecule has 1 unspecified atom stereocenters. The Labute approximate surface area is 130 Å². The molecule has 100 valence electrons. The SMILES string of the molecule is NC(CSc1ccc(Cl)cc1)Cc1cncc(Br)c1. The van der Waals surface area contributed by atoms with E-state index in [1.165, 1.54) is 4.90 Å². The maximum atomic E-state index is 6.14. The first kappa shape index (κ1) is 14.9. The molecule has 0 spiro atoms. The van der Waals surface area contributed by atoms with Gasteiger partial charge in [-0.3, -0.25) is 4.98 Å². The van der Waals surface area contributed by atoms with Gasteiger partial charge in [-0.15, -0.1) is 11.8 Å². The summed E-state index contributed by atoms with van der Waals surface area (Å²) in [6.45, 7) is 0. The van der Waals surface area contributed by atoms with Crippen molar-refractivity contribution in [2.24, 2.45) is 5.73 Å². The van der Waals surface area contributed by atoms with Gasteiger partial charge in [0.2, 0.25) is 0 Å². The average molecular weight is 358 g/mol. The molecule has 0 amide bonds. The smallest absolute Gasteiger partial charge is 0.0410 e. The van der Waals surface area contributed by atoms with Gasteiger partial charge in [0.25, 0.3) is 0 Å². The maximum absolute atomic E-state index is 6.14. The van der Waals surface area contributed by atoms with E-state index >= 15 is 0 Å². The zero-order valence-corrected chi connectivity index (χ0v) is 13.4. The van der Waals surface area contributed by atoms with Crippen molar-refractivity contribution in [2.75, 3.05) is 5.75 Å². The van der Waals surface area contributed by atoms with Crippen molar-refractivity contribution in [1.82, 2.24) is 4.98 Å². The minimum absolute atomic E-state index is 0.108. The van der Waals surface area contributed by atoms with Gasteiger partial charge in [0, 0.05) is 38.6 Å². The van der Waals surface area contributed by atoms with Crippen LogP contribution in [0.25, 0.3) is 0 Å². The summed E-state index contributed by atoms with van der Waals surface area (Å²) in [4.78, 5) is 5.33. The summed E-state index contributed by atoms with van der Waals surface area (Å²) in [7, 11) is 0. The Bertz CT molecular complexity index is 533. The lowest BCUT2D eigenvalue weighted by molar-refractivity contribution is 0.745. The van der Waals surface area contributed by atoms with Crippen LogP contribution in [0, 0.1) is 0 Å². The normalized spacial score (nSPS) is 12.4. The molecule has 1 atom stereocenters. The van der Waals surface area contributed by atoms with Crippen molar-refractivity contribution < 1.29 is 0 Å². The molecule has 2 N–H and O–H groups in total. The van der Waals surface area contributed by atoms with Crippen LogP contribution >= 0.6 is 39.3 Å². The van der Waals surface area contributed by atoms with Crippen molar-refractivity contribution in [3.05, 3.63) is 57.8 Å². The predicted molar refractivity (Wildman–Crippen MR) is 85.8 cm³/mol. The van der Waals surface area contributed by atoms with Crippen molar-refractivity contribution in [3.63, 3.8) is 0 Å². The standard InChI is InChI=1S/C14H14BrClN2S/c15-11-5-10(7-18-8-11)6-13(17)9-19-14-3-1-12(16)2-4-14/h1-5,7-8,13H,6,9,17H2. The zero-order valence-electron chi connectivity index (χ0n) is 10.2. The Kier molecular flexibility index (Phi) is 5.70. The number of hydrogen-bond acceptors (Lipinski definition) is 3. The summed E-state index contributed by atoms with van der Waals surface area (Å²) < 4.78 is 0.988. The second kappa shape index (κ2) is 7.29. The number of pyridine rings is 1. The number of halogens is 2. The molecule has 2 aromatic rings. The molecular formula is C14H14BrClN2S. The largest absolute Gasteiger partial charge is 0.327 e. The Balaban J connectivity index is 1.84. The van der Waals surface area contributed by atoms with E-state index in [4.69, 9.17) is 17.3 Å². The Hall–Kier alpha value is -0.550. The molecule has 1 heterocycles. The summed E-state index contributed by atoms with van der Waals surface area (Å²) >= 11 is 11.0. The van der Waals surface area contributed by atoms with Crippen LogP contribution in [0.3, 0.4) is 0 Å². The molecule has 0 saturated heterocycles. The van der Waals surface area contributed by atoms with Crippen molar-refractivity contribution in [2.45, 2.75) is 17.4 Å². The molecule has 2 rings (SSSR count). The average Bonchev–Trinajstić information content (AvgIpc) is 2.38. The van der Waals surface area contributed by atoms with E-state index < -0.39 is 0 Å². The number of thioether (sulfide) groups is 1. The minimum Gasteiger partial charge on any atom is -0.327 e. The maximum Gasteiger partial charge on any atom is 0.0410 e. The first-order valence-corrected chi connectivity index (χ1v) is 8.02. The molecule has 0 radical (unpaired) electrons. The van der Waals surface area contributed by atoms with Crippen molar-refractivity contribution in [3.8, 4) is 0 Å².